The van der Waals surface area contributed by atoms with Gasteiger partial charge in [-0.2, -0.15) is 0 Å². The lowest BCUT2D eigenvalue weighted by Gasteiger charge is -2.13. The third kappa shape index (κ3) is 4.66. The van der Waals surface area contributed by atoms with Crippen molar-refractivity contribution in [2.45, 2.75) is 11.8 Å². The third-order valence-electron chi connectivity index (χ3n) is 4.37. The fourth-order valence-electron chi connectivity index (χ4n) is 2.79. The Morgan fingerprint density at radius 1 is 0.867 bits per heavy atom. The van der Waals surface area contributed by atoms with Crippen LogP contribution in [0.3, 0.4) is 0 Å². The molecule has 0 bridgehead atoms. The predicted octanol–water partition coefficient (Wildman–Crippen LogP) is 3.83. The maximum absolute atomic E-state index is 12.8. The van der Waals surface area contributed by atoms with Gasteiger partial charge in [-0.25, -0.2) is 13.2 Å². The molecular formula is C22H20N2O5S. The van der Waals surface area contributed by atoms with E-state index < -0.39 is 16.0 Å². The van der Waals surface area contributed by atoms with E-state index in [2.05, 4.69) is 10.0 Å². The van der Waals surface area contributed by atoms with E-state index in [1.165, 1.54) is 37.4 Å². The Balaban J connectivity index is 1.84. The zero-order valence-corrected chi connectivity index (χ0v) is 17.2. The van der Waals surface area contributed by atoms with Gasteiger partial charge >= 0.3 is 5.97 Å². The molecule has 0 fully saturated rings. The highest BCUT2D eigenvalue weighted by atomic mass is 32.2. The quantitative estimate of drug-likeness (QED) is 0.586. The van der Waals surface area contributed by atoms with Crippen molar-refractivity contribution in [3.05, 3.63) is 89.5 Å². The highest BCUT2D eigenvalue weighted by molar-refractivity contribution is 7.92. The number of para-hydroxylation sites is 1. The van der Waals surface area contributed by atoms with Crippen LogP contribution in [0.15, 0.2) is 77.7 Å². The van der Waals surface area contributed by atoms with Crippen LogP contribution >= 0.6 is 0 Å². The van der Waals surface area contributed by atoms with Gasteiger partial charge in [-0.1, -0.05) is 30.3 Å². The summed E-state index contributed by atoms with van der Waals surface area (Å²) in [7, 11) is -2.75. The number of hydrogen-bond acceptors (Lipinski definition) is 5. The van der Waals surface area contributed by atoms with Crippen molar-refractivity contribution in [3.8, 4) is 0 Å². The van der Waals surface area contributed by atoms with Crippen LogP contribution in [-0.2, 0) is 14.8 Å². The average Bonchev–Trinajstić information content (AvgIpc) is 2.75. The summed E-state index contributed by atoms with van der Waals surface area (Å²) in [5, 5.41) is 2.77. The van der Waals surface area contributed by atoms with Crippen LogP contribution in [0, 0.1) is 6.92 Å². The molecule has 3 aromatic rings. The van der Waals surface area contributed by atoms with Crippen LogP contribution in [0.5, 0.6) is 0 Å². The molecule has 1 amide bonds. The van der Waals surface area contributed by atoms with Gasteiger partial charge in [-0.15, -0.1) is 0 Å². The summed E-state index contributed by atoms with van der Waals surface area (Å²) in [5.41, 5.74) is 1.78. The maximum atomic E-state index is 12.8. The Morgan fingerprint density at radius 2 is 1.53 bits per heavy atom. The molecule has 0 saturated carbocycles. The fraction of sp³-hybridized carbons (Fsp3) is 0.0909. The van der Waals surface area contributed by atoms with E-state index in [9.17, 15) is 18.0 Å². The number of nitrogens with one attached hydrogen (secondary N) is 2. The largest absolute Gasteiger partial charge is 0.465 e. The van der Waals surface area contributed by atoms with Crippen molar-refractivity contribution in [2.75, 3.05) is 17.1 Å². The van der Waals surface area contributed by atoms with Crippen LogP contribution < -0.4 is 10.0 Å². The summed E-state index contributed by atoms with van der Waals surface area (Å²) < 4.78 is 32.7. The summed E-state index contributed by atoms with van der Waals surface area (Å²) in [6, 6.07) is 19.2. The number of carbonyl (C=O) groups excluding carboxylic acids is 2. The Kier molecular flexibility index (Phi) is 6.17. The Hall–Kier alpha value is -3.65. The number of sulfonamides is 1. The molecular weight excluding hydrogens is 404 g/mol. The Morgan fingerprint density at radius 3 is 2.20 bits per heavy atom. The van der Waals surface area contributed by atoms with Crippen LogP contribution in [0.1, 0.15) is 26.3 Å². The van der Waals surface area contributed by atoms with Crippen LogP contribution in [0.2, 0.25) is 0 Å². The van der Waals surface area contributed by atoms with E-state index in [4.69, 9.17) is 4.74 Å². The molecule has 0 spiro atoms. The standard InChI is InChI=1S/C22H20N2O5S/c1-15-14-17(12-13-19(15)23-21(25)16-8-4-3-5-9-16)30(27,28)24-20-11-7-6-10-18(20)22(26)29-2/h3-14,24H,1-2H3,(H,23,25). The molecule has 0 atom stereocenters. The van der Waals surface area contributed by atoms with E-state index in [0.717, 1.165) is 0 Å². The molecule has 7 nitrogen and oxygen atoms in total. The Labute approximate surface area is 174 Å². The van der Waals surface area contributed by atoms with Crippen LogP contribution in [0.25, 0.3) is 0 Å². The van der Waals surface area contributed by atoms with Gasteiger partial charge in [-0.05, 0) is 55.0 Å². The van der Waals surface area contributed by atoms with E-state index in [0.29, 0.717) is 16.8 Å². The SMILES string of the molecule is COC(=O)c1ccccc1NS(=O)(=O)c1ccc(NC(=O)c2ccccc2)c(C)c1. The second-order valence-corrected chi connectivity index (χ2v) is 8.12. The first kappa shape index (κ1) is 21.1. The second-order valence-electron chi connectivity index (χ2n) is 6.44. The minimum atomic E-state index is -3.97. The van der Waals surface area contributed by atoms with Gasteiger partial charge in [0, 0.05) is 11.3 Å². The molecule has 0 aliphatic carbocycles. The first-order valence-electron chi connectivity index (χ1n) is 8.99. The number of hydrogen-bond donors (Lipinski definition) is 2. The minimum Gasteiger partial charge on any atom is -0.465 e. The molecule has 30 heavy (non-hydrogen) atoms. The van der Waals surface area contributed by atoms with Gasteiger partial charge < -0.3 is 10.1 Å². The number of esters is 1. The molecule has 0 saturated heterocycles. The van der Waals surface area contributed by atoms with Gasteiger partial charge in [0.1, 0.15) is 0 Å². The van der Waals surface area contributed by atoms with Crippen molar-refractivity contribution < 1.29 is 22.7 Å². The lowest BCUT2D eigenvalue weighted by atomic mass is 10.1. The molecule has 0 radical (unpaired) electrons. The molecule has 0 heterocycles. The zero-order valence-electron chi connectivity index (χ0n) is 16.4. The first-order chi connectivity index (χ1) is 14.3. The molecule has 3 rings (SSSR count). The molecule has 2 N–H and O–H groups in total. The summed E-state index contributed by atoms with van der Waals surface area (Å²) in [4.78, 5) is 24.2. The number of ether oxygens (including phenoxy) is 1. The zero-order chi connectivity index (χ0) is 21.7. The molecule has 0 aliphatic heterocycles. The maximum Gasteiger partial charge on any atom is 0.339 e. The number of anilines is 2. The minimum absolute atomic E-state index is 0.00243. The van der Waals surface area contributed by atoms with Crippen LogP contribution in [0.4, 0.5) is 11.4 Å². The predicted molar refractivity (Wildman–Crippen MR) is 114 cm³/mol. The number of carbonyl (C=O) groups is 2. The van der Waals surface area contributed by atoms with Crippen LogP contribution in [-0.4, -0.2) is 27.4 Å². The normalized spacial score (nSPS) is 10.9. The topological polar surface area (TPSA) is 102 Å². The first-order valence-corrected chi connectivity index (χ1v) is 10.5. The molecule has 0 unspecified atom stereocenters. The van der Waals surface area contributed by atoms with E-state index in [1.807, 2.05) is 6.07 Å². The van der Waals surface area contributed by atoms with E-state index in [1.54, 1.807) is 43.3 Å². The molecule has 0 aliphatic rings. The Bertz CT molecular complexity index is 1190. The number of rotatable bonds is 6. The summed E-state index contributed by atoms with van der Waals surface area (Å²) >= 11 is 0. The monoisotopic (exact) mass is 424 g/mol. The lowest BCUT2D eigenvalue weighted by molar-refractivity contribution is 0.0602. The van der Waals surface area contributed by atoms with Crippen molar-refractivity contribution >= 4 is 33.3 Å². The number of benzene rings is 3. The summed E-state index contributed by atoms with van der Waals surface area (Å²) in [5.74, 6) is -0.942. The molecule has 0 aromatic heterocycles. The number of methoxy groups -OCH3 is 1. The number of amides is 1. The second kappa shape index (κ2) is 8.79. The highest BCUT2D eigenvalue weighted by Crippen LogP contribution is 2.24. The fourth-order valence-corrected chi connectivity index (χ4v) is 3.96. The van der Waals surface area contributed by atoms with E-state index >= 15 is 0 Å². The van der Waals surface area contributed by atoms with Crippen molar-refractivity contribution in [2.24, 2.45) is 0 Å². The number of aryl methyl sites for hydroxylation is 1. The summed E-state index contributed by atoms with van der Waals surface area (Å²) in [6.07, 6.45) is 0. The van der Waals surface area contributed by atoms with Crippen molar-refractivity contribution in [1.29, 1.82) is 0 Å². The van der Waals surface area contributed by atoms with Gasteiger partial charge in [0.05, 0.1) is 23.3 Å². The summed E-state index contributed by atoms with van der Waals surface area (Å²) in [6.45, 7) is 1.70. The third-order valence-corrected chi connectivity index (χ3v) is 5.73. The molecule has 8 heteroatoms. The molecule has 3 aromatic carbocycles. The van der Waals surface area contributed by atoms with Gasteiger partial charge in [-0.3, -0.25) is 9.52 Å². The van der Waals surface area contributed by atoms with Crippen molar-refractivity contribution in [1.82, 2.24) is 0 Å². The lowest BCUT2D eigenvalue weighted by Crippen LogP contribution is -2.17. The van der Waals surface area contributed by atoms with Crippen molar-refractivity contribution in [3.63, 3.8) is 0 Å². The molecule has 154 valence electrons. The van der Waals surface area contributed by atoms with Gasteiger partial charge in [0.15, 0.2) is 0 Å². The highest BCUT2D eigenvalue weighted by Gasteiger charge is 2.20. The van der Waals surface area contributed by atoms with Gasteiger partial charge in [0.25, 0.3) is 15.9 Å². The average molecular weight is 424 g/mol. The van der Waals surface area contributed by atoms with E-state index in [-0.39, 0.29) is 22.1 Å². The smallest absolute Gasteiger partial charge is 0.339 e. The van der Waals surface area contributed by atoms with Gasteiger partial charge in [0.2, 0.25) is 0 Å².